The average molecular weight is 347 g/mol. The van der Waals surface area contributed by atoms with E-state index in [-0.39, 0.29) is 24.3 Å². The molecule has 2 heterocycles. The lowest BCUT2D eigenvalue weighted by atomic mass is 10.2. The third kappa shape index (κ3) is 4.08. The number of aryl methyl sites for hydroxylation is 1. The van der Waals surface area contributed by atoms with Gasteiger partial charge >= 0.3 is 0 Å². The number of carbonyl (C=O) groups excluding carboxylic acids is 1. The van der Waals surface area contributed by atoms with Gasteiger partial charge in [-0.25, -0.2) is 0 Å². The second kappa shape index (κ2) is 7.99. The minimum absolute atomic E-state index is 0.0942. The van der Waals surface area contributed by atoms with Crippen molar-refractivity contribution in [2.75, 3.05) is 13.2 Å². The van der Waals surface area contributed by atoms with Crippen LogP contribution in [0.25, 0.3) is 10.9 Å². The summed E-state index contributed by atoms with van der Waals surface area (Å²) in [4.78, 5) is 28.1. The highest BCUT2D eigenvalue weighted by Gasteiger charge is 2.09. The van der Waals surface area contributed by atoms with Crippen LogP contribution in [-0.2, 0) is 7.05 Å². The fourth-order valence-electron chi connectivity index (χ4n) is 2.36. The van der Waals surface area contributed by atoms with Gasteiger partial charge in [-0.3, -0.25) is 14.6 Å². The first-order valence-electron chi connectivity index (χ1n) is 8.02. The van der Waals surface area contributed by atoms with Crippen molar-refractivity contribution in [2.45, 2.75) is 0 Å². The Kier molecular flexibility index (Phi) is 5.30. The normalized spacial score (nSPS) is 10.0. The van der Waals surface area contributed by atoms with E-state index in [0.717, 1.165) is 10.9 Å². The van der Waals surface area contributed by atoms with Crippen molar-refractivity contribution >= 4 is 16.8 Å². The number of nitrogens with one attached hydrogen (secondary N) is 1. The summed E-state index contributed by atoms with van der Waals surface area (Å²) in [5, 5.41) is 3.64. The Bertz CT molecular complexity index is 1060. The highest BCUT2D eigenvalue weighted by atomic mass is 16.5. The van der Waals surface area contributed by atoms with E-state index in [1.165, 1.54) is 10.6 Å². The van der Waals surface area contributed by atoms with Crippen molar-refractivity contribution in [3.05, 3.63) is 70.8 Å². The van der Waals surface area contributed by atoms with Crippen LogP contribution < -0.4 is 15.6 Å². The third-order valence-corrected chi connectivity index (χ3v) is 3.72. The fourth-order valence-corrected chi connectivity index (χ4v) is 2.36. The topological polar surface area (TPSA) is 73.2 Å². The number of carbonyl (C=O) groups is 1. The van der Waals surface area contributed by atoms with Crippen molar-refractivity contribution in [2.24, 2.45) is 7.05 Å². The number of benzene rings is 1. The Morgan fingerprint density at radius 2 is 2.12 bits per heavy atom. The lowest BCUT2D eigenvalue weighted by molar-refractivity contribution is 0.0956. The Morgan fingerprint density at radius 3 is 3.00 bits per heavy atom. The number of fused-ring (bicyclic) bond motifs is 1. The summed E-state index contributed by atoms with van der Waals surface area (Å²) in [5.74, 6) is 5.86. The first-order valence-corrected chi connectivity index (χ1v) is 8.02. The van der Waals surface area contributed by atoms with Crippen molar-refractivity contribution in [3.8, 4) is 17.6 Å². The smallest absolute Gasteiger partial charge is 0.263 e. The molecule has 0 spiro atoms. The maximum atomic E-state index is 12.0. The van der Waals surface area contributed by atoms with Crippen molar-refractivity contribution in [1.82, 2.24) is 14.9 Å². The molecule has 0 aliphatic heterocycles. The number of ether oxygens (including phenoxy) is 1. The zero-order chi connectivity index (χ0) is 18.4. The molecular formula is C20H17N3O3. The van der Waals surface area contributed by atoms with Crippen LogP contribution in [-0.4, -0.2) is 28.6 Å². The van der Waals surface area contributed by atoms with Gasteiger partial charge in [-0.2, -0.15) is 0 Å². The number of pyridine rings is 2. The van der Waals surface area contributed by atoms with Crippen molar-refractivity contribution in [1.29, 1.82) is 0 Å². The first kappa shape index (κ1) is 17.2. The molecule has 0 saturated carbocycles. The lowest BCUT2D eigenvalue weighted by Crippen LogP contribution is -2.32. The summed E-state index contributed by atoms with van der Waals surface area (Å²) >= 11 is 0. The van der Waals surface area contributed by atoms with Crippen LogP contribution in [0.2, 0.25) is 0 Å². The number of hydrogen-bond donors (Lipinski definition) is 1. The predicted molar refractivity (Wildman–Crippen MR) is 99.0 cm³/mol. The van der Waals surface area contributed by atoms with Crippen molar-refractivity contribution in [3.63, 3.8) is 0 Å². The molecule has 1 aromatic carbocycles. The van der Waals surface area contributed by atoms with Crippen LogP contribution in [0.1, 0.15) is 10.4 Å². The zero-order valence-corrected chi connectivity index (χ0v) is 14.2. The highest BCUT2D eigenvalue weighted by Crippen LogP contribution is 2.18. The second-order valence-corrected chi connectivity index (χ2v) is 5.52. The van der Waals surface area contributed by atoms with E-state index in [1.807, 2.05) is 30.3 Å². The van der Waals surface area contributed by atoms with Gasteiger partial charge in [-0.1, -0.05) is 17.9 Å². The van der Waals surface area contributed by atoms with E-state index in [9.17, 15) is 9.59 Å². The van der Waals surface area contributed by atoms with Gasteiger partial charge in [-0.15, -0.1) is 0 Å². The molecule has 0 aliphatic rings. The number of hydrogen-bond acceptors (Lipinski definition) is 4. The molecule has 0 radical (unpaired) electrons. The molecule has 3 rings (SSSR count). The molecule has 6 nitrogen and oxygen atoms in total. The summed E-state index contributed by atoms with van der Waals surface area (Å²) in [5.41, 5.74) is 0.609. The average Bonchev–Trinajstić information content (AvgIpc) is 2.66. The van der Waals surface area contributed by atoms with Crippen LogP contribution in [0.15, 0.2) is 59.7 Å². The van der Waals surface area contributed by atoms with Gasteiger partial charge in [-0.05, 0) is 30.3 Å². The molecule has 6 heteroatoms. The fraction of sp³-hybridized carbons (Fsp3) is 0.150. The van der Waals surface area contributed by atoms with E-state index >= 15 is 0 Å². The van der Waals surface area contributed by atoms with E-state index < -0.39 is 5.91 Å². The number of nitrogens with zero attached hydrogens (tertiary/aromatic N) is 2. The maximum Gasteiger partial charge on any atom is 0.263 e. The van der Waals surface area contributed by atoms with Crippen LogP contribution >= 0.6 is 0 Å². The summed E-state index contributed by atoms with van der Waals surface area (Å²) in [6.45, 7) is 0.334. The van der Waals surface area contributed by atoms with Crippen LogP contribution in [0, 0.1) is 11.8 Å². The predicted octanol–water partition coefficient (Wildman–Crippen LogP) is 1.75. The van der Waals surface area contributed by atoms with Crippen molar-refractivity contribution < 1.29 is 9.53 Å². The van der Waals surface area contributed by atoms with E-state index in [4.69, 9.17) is 4.74 Å². The van der Waals surface area contributed by atoms with Gasteiger partial charge < -0.3 is 14.6 Å². The molecule has 0 fully saturated rings. The highest BCUT2D eigenvalue weighted by molar-refractivity contribution is 5.93. The molecule has 2 aromatic heterocycles. The standard InChI is InChI=1S/C20H17N3O3/c1-23-12-5-7-17(20(23)25)19(24)22-10-2-3-13-26-16-9-8-15-6-4-11-21-18(15)14-16/h4-9,11-12,14H,10,13H2,1H3,(H,22,24). The molecule has 3 aromatic rings. The van der Waals surface area contributed by atoms with Gasteiger partial charge in [0.15, 0.2) is 0 Å². The van der Waals surface area contributed by atoms with Crippen LogP contribution in [0.5, 0.6) is 5.75 Å². The summed E-state index contributed by atoms with van der Waals surface area (Å²) in [6, 6.07) is 12.6. The molecule has 0 saturated heterocycles. The summed E-state index contributed by atoms with van der Waals surface area (Å²) in [6.07, 6.45) is 3.33. The van der Waals surface area contributed by atoms with E-state index in [2.05, 4.69) is 22.1 Å². The largest absolute Gasteiger partial charge is 0.481 e. The van der Waals surface area contributed by atoms with Crippen LogP contribution in [0.4, 0.5) is 0 Å². The van der Waals surface area contributed by atoms with Crippen LogP contribution in [0.3, 0.4) is 0 Å². The molecule has 0 bridgehead atoms. The van der Waals surface area contributed by atoms with Gasteiger partial charge in [0.1, 0.15) is 17.9 Å². The molecule has 130 valence electrons. The Labute approximate surface area is 150 Å². The Balaban J connectivity index is 1.50. The maximum absolute atomic E-state index is 12.0. The number of rotatable bonds is 4. The first-order chi connectivity index (χ1) is 12.6. The summed E-state index contributed by atoms with van der Waals surface area (Å²) in [7, 11) is 1.60. The number of aromatic nitrogens is 2. The Hall–Kier alpha value is -3.59. The van der Waals surface area contributed by atoms with E-state index in [0.29, 0.717) is 5.75 Å². The van der Waals surface area contributed by atoms with Gasteiger partial charge in [0.05, 0.1) is 12.1 Å². The molecule has 0 unspecified atom stereocenters. The molecular weight excluding hydrogens is 330 g/mol. The molecule has 0 aliphatic carbocycles. The van der Waals surface area contributed by atoms with Gasteiger partial charge in [0.25, 0.3) is 11.5 Å². The van der Waals surface area contributed by atoms with Gasteiger partial charge in [0.2, 0.25) is 0 Å². The monoisotopic (exact) mass is 347 g/mol. The summed E-state index contributed by atoms with van der Waals surface area (Å²) < 4.78 is 6.92. The molecule has 1 amide bonds. The quantitative estimate of drug-likeness (QED) is 0.730. The zero-order valence-electron chi connectivity index (χ0n) is 14.2. The minimum atomic E-state index is -0.443. The molecule has 26 heavy (non-hydrogen) atoms. The molecule has 1 N–H and O–H groups in total. The second-order valence-electron chi connectivity index (χ2n) is 5.52. The minimum Gasteiger partial charge on any atom is -0.481 e. The Morgan fingerprint density at radius 1 is 1.23 bits per heavy atom. The van der Waals surface area contributed by atoms with E-state index in [1.54, 1.807) is 25.5 Å². The lowest BCUT2D eigenvalue weighted by Gasteiger charge is -2.03. The SMILES string of the molecule is Cn1cccc(C(=O)NCC#CCOc2ccc3cccnc3c2)c1=O. The van der Waals surface area contributed by atoms with Gasteiger partial charge in [0, 0.05) is 30.9 Å². The molecule has 0 atom stereocenters. The number of amides is 1. The third-order valence-electron chi connectivity index (χ3n) is 3.72.